The Kier molecular flexibility index (Phi) is 5.41. The van der Waals surface area contributed by atoms with Gasteiger partial charge in [0.1, 0.15) is 0 Å². The van der Waals surface area contributed by atoms with E-state index in [1.807, 2.05) is 6.20 Å². The van der Waals surface area contributed by atoms with Crippen LogP contribution in [0.25, 0.3) is 0 Å². The van der Waals surface area contributed by atoms with Crippen LogP contribution in [0.2, 0.25) is 0 Å². The Balaban J connectivity index is 1.77. The van der Waals surface area contributed by atoms with E-state index >= 15 is 0 Å². The molecule has 94 valence electrons. The summed E-state index contributed by atoms with van der Waals surface area (Å²) < 4.78 is 7.44. The molecule has 1 fully saturated rings. The molecule has 0 amide bonds. The fourth-order valence-electron chi connectivity index (χ4n) is 1.92. The highest BCUT2D eigenvalue weighted by Gasteiger charge is 2.10. The largest absolute Gasteiger partial charge is 0.379 e. The van der Waals surface area contributed by atoms with Crippen LogP contribution in [-0.4, -0.2) is 42.7 Å². The topological polar surface area (TPSA) is 25.4 Å². The maximum Gasteiger partial charge on any atom is 0.0594 e. The molecule has 0 radical (unpaired) electrons. The van der Waals surface area contributed by atoms with Crippen molar-refractivity contribution < 1.29 is 4.74 Å². The molecule has 1 aromatic heterocycles. The Morgan fingerprint density at radius 3 is 2.76 bits per heavy atom. The average molecular weight is 364 g/mol. The number of ether oxygens (including phenoxy) is 1. The lowest BCUT2D eigenvalue weighted by atomic mass is 10.2. The molecule has 5 heteroatoms. The highest BCUT2D eigenvalue weighted by molar-refractivity contribution is 9.11. The molecule has 0 bridgehead atoms. The van der Waals surface area contributed by atoms with E-state index in [4.69, 9.17) is 4.74 Å². The van der Waals surface area contributed by atoms with E-state index in [2.05, 4.69) is 47.8 Å². The van der Waals surface area contributed by atoms with Gasteiger partial charge in [0.25, 0.3) is 0 Å². The van der Waals surface area contributed by atoms with Gasteiger partial charge in [0, 0.05) is 28.2 Å². The maximum absolute atomic E-state index is 5.33. The minimum atomic E-state index is 0.875. The van der Waals surface area contributed by atoms with Gasteiger partial charge in [-0.15, -0.1) is 0 Å². The molecule has 2 heterocycles. The van der Waals surface area contributed by atoms with Crippen LogP contribution in [0, 0.1) is 0 Å². The smallest absolute Gasteiger partial charge is 0.0594 e. The number of aromatic nitrogens is 1. The third-order valence-corrected chi connectivity index (χ3v) is 4.00. The number of halogens is 2. The van der Waals surface area contributed by atoms with Crippen LogP contribution in [0.4, 0.5) is 0 Å². The SMILES string of the molecule is Brc1cnc(CCCN2CCOCC2)c(Br)c1. The normalized spacial score (nSPS) is 17.3. The van der Waals surface area contributed by atoms with Gasteiger partial charge in [-0.2, -0.15) is 0 Å². The van der Waals surface area contributed by atoms with Gasteiger partial charge >= 0.3 is 0 Å². The van der Waals surface area contributed by atoms with Crippen molar-refractivity contribution in [1.29, 1.82) is 0 Å². The maximum atomic E-state index is 5.33. The molecule has 1 saturated heterocycles. The van der Waals surface area contributed by atoms with Crippen LogP contribution in [0.3, 0.4) is 0 Å². The van der Waals surface area contributed by atoms with Crippen molar-refractivity contribution in [2.75, 3.05) is 32.8 Å². The monoisotopic (exact) mass is 362 g/mol. The van der Waals surface area contributed by atoms with E-state index in [0.29, 0.717) is 0 Å². The molecule has 0 unspecified atom stereocenters. The summed E-state index contributed by atoms with van der Waals surface area (Å²) in [7, 11) is 0. The molecule has 1 aliphatic heterocycles. The molecule has 0 aromatic carbocycles. The third-order valence-electron chi connectivity index (χ3n) is 2.88. The van der Waals surface area contributed by atoms with Gasteiger partial charge in [0.05, 0.1) is 18.9 Å². The number of hydrogen-bond donors (Lipinski definition) is 0. The van der Waals surface area contributed by atoms with E-state index < -0.39 is 0 Å². The van der Waals surface area contributed by atoms with Crippen LogP contribution in [-0.2, 0) is 11.2 Å². The average Bonchev–Trinajstić information content (AvgIpc) is 2.33. The number of aryl methyl sites for hydroxylation is 1. The lowest BCUT2D eigenvalue weighted by Crippen LogP contribution is -2.36. The van der Waals surface area contributed by atoms with E-state index in [0.717, 1.165) is 60.3 Å². The van der Waals surface area contributed by atoms with Gasteiger partial charge in [-0.25, -0.2) is 0 Å². The fourth-order valence-corrected chi connectivity index (χ4v) is 3.11. The number of pyridine rings is 1. The first kappa shape index (κ1) is 13.5. The van der Waals surface area contributed by atoms with Gasteiger partial charge in [-0.1, -0.05) is 0 Å². The number of nitrogens with zero attached hydrogens (tertiary/aromatic N) is 2. The van der Waals surface area contributed by atoms with Crippen molar-refractivity contribution in [2.24, 2.45) is 0 Å². The summed E-state index contributed by atoms with van der Waals surface area (Å²) in [5, 5.41) is 0. The first-order valence-corrected chi connectivity index (χ1v) is 7.44. The van der Waals surface area contributed by atoms with E-state index in [-0.39, 0.29) is 0 Å². The molecule has 1 aromatic rings. The Labute approximate surface area is 119 Å². The van der Waals surface area contributed by atoms with Crippen LogP contribution in [0.15, 0.2) is 21.2 Å². The van der Waals surface area contributed by atoms with Crippen molar-refractivity contribution >= 4 is 31.9 Å². The quantitative estimate of drug-likeness (QED) is 0.822. The van der Waals surface area contributed by atoms with Gasteiger partial charge in [-0.3, -0.25) is 9.88 Å². The standard InChI is InChI=1S/C12H16Br2N2O/c13-10-8-11(14)12(15-9-10)2-1-3-16-4-6-17-7-5-16/h8-9H,1-7H2. The Morgan fingerprint density at radius 2 is 2.06 bits per heavy atom. The molecule has 0 N–H and O–H groups in total. The molecule has 17 heavy (non-hydrogen) atoms. The van der Waals surface area contributed by atoms with Crippen molar-refractivity contribution in [3.63, 3.8) is 0 Å². The predicted molar refractivity (Wildman–Crippen MR) is 75.2 cm³/mol. The van der Waals surface area contributed by atoms with Gasteiger partial charge in [-0.05, 0) is 57.3 Å². The molecule has 0 atom stereocenters. The number of hydrogen-bond acceptors (Lipinski definition) is 3. The molecule has 0 spiro atoms. The summed E-state index contributed by atoms with van der Waals surface area (Å²) in [5.74, 6) is 0. The molecule has 2 rings (SSSR count). The van der Waals surface area contributed by atoms with E-state index in [1.54, 1.807) is 0 Å². The number of morpholine rings is 1. The Morgan fingerprint density at radius 1 is 1.29 bits per heavy atom. The Bertz CT molecular complexity index is 368. The molecule has 3 nitrogen and oxygen atoms in total. The Hall–Kier alpha value is 0.0300. The van der Waals surface area contributed by atoms with E-state index in [9.17, 15) is 0 Å². The van der Waals surface area contributed by atoms with Crippen molar-refractivity contribution in [2.45, 2.75) is 12.8 Å². The van der Waals surface area contributed by atoms with Gasteiger partial charge in [0.2, 0.25) is 0 Å². The third kappa shape index (κ3) is 4.32. The van der Waals surface area contributed by atoms with Crippen LogP contribution >= 0.6 is 31.9 Å². The summed E-state index contributed by atoms with van der Waals surface area (Å²) in [6.07, 6.45) is 4.02. The fraction of sp³-hybridized carbons (Fsp3) is 0.583. The van der Waals surface area contributed by atoms with Crippen molar-refractivity contribution in [3.05, 3.63) is 26.9 Å². The summed E-state index contributed by atoms with van der Waals surface area (Å²) in [6.45, 7) is 5.01. The van der Waals surface area contributed by atoms with Crippen molar-refractivity contribution in [3.8, 4) is 0 Å². The summed E-state index contributed by atoms with van der Waals surface area (Å²) in [6, 6.07) is 2.05. The van der Waals surface area contributed by atoms with Gasteiger partial charge in [0.15, 0.2) is 0 Å². The second-order valence-corrected chi connectivity index (χ2v) is 5.91. The van der Waals surface area contributed by atoms with E-state index in [1.165, 1.54) is 0 Å². The van der Waals surface area contributed by atoms with Crippen molar-refractivity contribution in [1.82, 2.24) is 9.88 Å². The summed E-state index contributed by atoms with van der Waals surface area (Å²) >= 11 is 6.96. The lowest BCUT2D eigenvalue weighted by molar-refractivity contribution is 0.0374. The molecular weight excluding hydrogens is 348 g/mol. The zero-order valence-electron chi connectivity index (χ0n) is 9.66. The van der Waals surface area contributed by atoms with Gasteiger partial charge < -0.3 is 4.74 Å². The summed E-state index contributed by atoms with van der Waals surface area (Å²) in [5.41, 5.74) is 1.14. The molecule has 0 aliphatic carbocycles. The highest BCUT2D eigenvalue weighted by Crippen LogP contribution is 2.20. The predicted octanol–water partition coefficient (Wildman–Crippen LogP) is 2.87. The number of rotatable bonds is 4. The summed E-state index contributed by atoms with van der Waals surface area (Å²) in [4.78, 5) is 6.88. The zero-order valence-corrected chi connectivity index (χ0v) is 12.8. The lowest BCUT2D eigenvalue weighted by Gasteiger charge is -2.26. The molecule has 1 aliphatic rings. The minimum absolute atomic E-state index is 0.875. The molecular formula is C12H16Br2N2O. The second-order valence-electron chi connectivity index (χ2n) is 4.14. The molecule has 0 saturated carbocycles. The first-order chi connectivity index (χ1) is 8.25. The highest BCUT2D eigenvalue weighted by atomic mass is 79.9. The van der Waals surface area contributed by atoms with Crippen LogP contribution in [0.5, 0.6) is 0 Å². The zero-order chi connectivity index (χ0) is 12.1. The second kappa shape index (κ2) is 6.83. The van der Waals surface area contributed by atoms with Crippen LogP contribution in [0.1, 0.15) is 12.1 Å². The minimum Gasteiger partial charge on any atom is -0.379 e. The van der Waals surface area contributed by atoms with Crippen LogP contribution < -0.4 is 0 Å². The first-order valence-electron chi connectivity index (χ1n) is 5.86.